The van der Waals surface area contributed by atoms with Crippen LogP contribution in [0.2, 0.25) is 0 Å². The van der Waals surface area contributed by atoms with Crippen molar-refractivity contribution in [3.63, 3.8) is 0 Å². The monoisotopic (exact) mass is 440 g/mol. The van der Waals surface area contributed by atoms with Crippen LogP contribution in [0.1, 0.15) is 53.1 Å². The zero-order chi connectivity index (χ0) is 22.8. The number of hydrogen-bond acceptors (Lipinski definition) is 4. The van der Waals surface area contributed by atoms with Crippen LogP contribution in [0.25, 0.3) is 16.9 Å². The molecular formula is C26H28N6O. The highest BCUT2D eigenvalue weighted by Crippen LogP contribution is 2.35. The van der Waals surface area contributed by atoms with Gasteiger partial charge in [-0.25, -0.2) is 4.68 Å². The summed E-state index contributed by atoms with van der Waals surface area (Å²) in [5.41, 5.74) is 5.48. The minimum Gasteiger partial charge on any atom is -0.351 e. The maximum atomic E-state index is 13.2. The highest BCUT2D eigenvalue weighted by Gasteiger charge is 2.26. The summed E-state index contributed by atoms with van der Waals surface area (Å²) in [6.45, 7) is 4.67. The number of amides is 1. The van der Waals surface area contributed by atoms with E-state index in [-0.39, 0.29) is 5.91 Å². The normalized spacial score (nSPS) is 13.3. The van der Waals surface area contributed by atoms with E-state index >= 15 is 0 Å². The van der Waals surface area contributed by atoms with Crippen molar-refractivity contribution in [1.82, 2.24) is 29.9 Å². The molecule has 2 heterocycles. The molecule has 0 bridgehead atoms. The molecule has 1 aliphatic rings. The largest absolute Gasteiger partial charge is 0.351 e. The van der Waals surface area contributed by atoms with Crippen LogP contribution in [0.15, 0.2) is 61.1 Å². The standard InChI is InChI=1S/C26H28N6O/c1-3-19-8-10-20(11-9-19)25-22(16-32(30-25)23-7-5-4-6-18(23)2)26(33)27-15-14-24-29-28-17-31(24)21-12-13-21/h4-11,16-17,21H,3,12-15H2,1-2H3,(H,27,33). The molecule has 0 aliphatic heterocycles. The van der Waals surface area contributed by atoms with Crippen molar-refractivity contribution in [2.45, 2.75) is 45.6 Å². The number of carbonyl (C=O) groups is 1. The minimum absolute atomic E-state index is 0.137. The van der Waals surface area contributed by atoms with Gasteiger partial charge in [-0.3, -0.25) is 4.79 Å². The van der Waals surface area contributed by atoms with Gasteiger partial charge in [0.2, 0.25) is 0 Å². The fourth-order valence-electron chi connectivity index (χ4n) is 4.08. The molecular weight excluding hydrogens is 412 g/mol. The minimum atomic E-state index is -0.137. The Hall–Kier alpha value is -3.74. The Kier molecular flexibility index (Phi) is 5.77. The maximum absolute atomic E-state index is 13.2. The summed E-state index contributed by atoms with van der Waals surface area (Å²) in [5, 5.41) is 16.1. The molecule has 0 spiro atoms. The molecule has 168 valence electrons. The van der Waals surface area contributed by atoms with Crippen molar-refractivity contribution >= 4 is 5.91 Å². The second kappa shape index (κ2) is 9.02. The SMILES string of the molecule is CCc1ccc(-c2nn(-c3ccccc3C)cc2C(=O)NCCc2nncn2C2CC2)cc1. The number of aromatic nitrogens is 5. The van der Waals surface area contributed by atoms with E-state index in [0.29, 0.717) is 30.3 Å². The molecule has 0 saturated heterocycles. The second-order valence-electron chi connectivity index (χ2n) is 8.56. The molecule has 1 amide bonds. The summed E-state index contributed by atoms with van der Waals surface area (Å²) in [6.07, 6.45) is 7.59. The Morgan fingerprint density at radius 2 is 1.91 bits per heavy atom. The molecule has 5 rings (SSSR count). The molecule has 7 nitrogen and oxygen atoms in total. The highest BCUT2D eigenvalue weighted by molar-refractivity contribution is 6.00. The topological polar surface area (TPSA) is 77.6 Å². The first-order valence-electron chi connectivity index (χ1n) is 11.6. The van der Waals surface area contributed by atoms with Crippen LogP contribution < -0.4 is 5.32 Å². The molecule has 1 saturated carbocycles. The van der Waals surface area contributed by atoms with Gasteiger partial charge in [-0.15, -0.1) is 10.2 Å². The summed E-state index contributed by atoms with van der Waals surface area (Å²) in [7, 11) is 0. The fraction of sp³-hybridized carbons (Fsp3) is 0.308. The quantitative estimate of drug-likeness (QED) is 0.443. The van der Waals surface area contributed by atoms with Crippen molar-refractivity contribution in [3.8, 4) is 16.9 Å². The molecule has 1 fully saturated rings. The van der Waals surface area contributed by atoms with E-state index in [1.54, 1.807) is 11.0 Å². The van der Waals surface area contributed by atoms with Crippen LogP contribution in [0.4, 0.5) is 0 Å². The van der Waals surface area contributed by atoms with Crippen molar-refractivity contribution < 1.29 is 4.79 Å². The van der Waals surface area contributed by atoms with Gasteiger partial charge in [0.25, 0.3) is 5.91 Å². The van der Waals surface area contributed by atoms with Gasteiger partial charge in [-0.1, -0.05) is 49.4 Å². The van der Waals surface area contributed by atoms with Crippen LogP contribution >= 0.6 is 0 Å². The molecule has 4 aromatic rings. The van der Waals surface area contributed by atoms with Gasteiger partial charge in [0.1, 0.15) is 17.8 Å². The lowest BCUT2D eigenvalue weighted by atomic mass is 10.0. The van der Waals surface area contributed by atoms with E-state index < -0.39 is 0 Å². The highest BCUT2D eigenvalue weighted by atomic mass is 16.1. The molecule has 2 aromatic carbocycles. The lowest BCUT2D eigenvalue weighted by molar-refractivity contribution is 0.0954. The van der Waals surface area contributed by atoms with Gasteiger partial charge in [0, 0.05) is 30.8 Å². The predicted molar refractivity (Wildman–Crippen MR) is 127 cm³/mol. The van der Waals surface area contributed by atoms with Crippen molar-refractivity contribution in [2.24, 2.45) is 0 Å². The zero-order valence-electron chi connectivity index (χ0n) is 19.0. The number of carbonyl (C=O) groups excluding carboxylic acids is 1. The van der Waals surface area contributed by atoms with E-state index in [2.05, 4.69) is 39.1 Å². The lowest BCUT2D eigenvalue weighted by Gasteiger charge is -2.07. The van der Waals surface area contributed by atoms with Gasteiger partial charge in [-0.05, 0) is 43.4 Å². The van der Waals surface area contributed by atoms with Crippen LogP contribution in [-0.4, -0.2) is 37.0 Å². The maximum Gasteiger partial charge on any atom is 0.255 e. The third-order valence-electron chi connectivity index (χ3n) is 6.18. The summed E-state index contributed by atoms with van der Waals surface area (Å²) in [6, 6.07) is 16.8. The first-order valence-corrected chi connectivity index (χ1v) is 11.6. The summed E-state index contributed by atoms with van der Waals surface area (Å²) >= 11 is 0. The van der Waals surface area contributed by atoms with E-state index in [9.17, 15) is 4.79 Å². The second-order valence-corrected chi connectivity index (χ2v) is 8.56. The van der Waals surface area contributed by atoms with Crippen LogP contribution in [0.3, 0.4) is 0 Å². The first kappa shape index (κ1) is 21.1. The Bertz CT molecular complexity index is 1270. The number of nitrogens with one attached hydrogen (secondary N) is 1. The number of benzene rings is 2. The summed E-state index contributed by atoms with van der Waals surface area (Å²) < 4.78 is 3.93. The molecule has 1 aliphatic carbocycles. The number of rotatable bonds is 8. The molecule has 2 aromatic heterocycles. The van der Waals surface area contributed by atoms with Crippen molar-refractivity contribution in [3.05, 3.63) is 83.6 Å². The molecule has 33 heavy (non-hydrogen) atoms. The smallest absolute Gasteiger partial charge is 0.255 e. The predicted octanol–water partition coefficient (Wildman–Crippen LogP) is 4.31. The first-order chi connectivity index (χ1) is 16.1. The Morgan fingerprint density at radius 1 is 1.12 bits per heavy atom. The Labute approximate surface area is 193 Å². The number of aryl methyl sites for hydroxylation is 2. The summed E-state index contributed by atoms with van der Waals surface area (Å²) in [4.78, 5) is 13.2. The van der Waals surface area contributed by atoms with Gasteiger partial charge < -0.3 is 9.88 Å². The molecule has 0 atom stereocenters. The molecule has 1 N–H and O–H groups in total. The molecule has 7 heteroatoms. The average molecular weight is 441 g/mol. The van der Waals surface area contributed by atoms with Gasteiger partial charge in [0.05, 0.1) is 11.3 Å². The summed E-state index contributed by atoms with van der Waals surface area (Å²) in [5.74, 6) is 0.783. The third kappa shape index (κ3) is 4.44. The van der Waals surface area contributed by atoms with Crippen LogP contribution in [0.5, 0.6) is 0 Å². The number of para-hydroxylation sites is 1. The molecule has 0 radical (unpaired) electrons. The van der Waals surface area contributed by atoms with Gasteiger partial charge >= 0.3 is 0 Å². The van der Waals surface area contributed by atoms with E-state index in [1.165, 1.54) is 18.4 Å². The van der Waals surface area contributed by atoms with E-state index in [1.807, 2.05) is 49.5 Å². The van der Waals surface area contributed by atoms with Crippen molar-refractivity contribution in [1.29, 1.82) is 0 Å². The van der Waals surface area contributed by atoms with E-state index in [4.69, 9.17) is 5.10 Å². The number of nitrogens with zero attached hydrogens (tertiary/aromatic N) is 5. The van der Waals surface area contributed by atoms with Crippen LogP contribution in [-0.2, 0) is 12.8 Å². The Balaban J connectivity index is 1.40. The van der Waals surface area contributed by atoms with Crippen LogP contribution in [0, 0.1) is 6.92 Å². The Morgan fingerprint density at radius 3 is 2.64 bits per heavy atom. The van der Waals surface area contributed by atoms with Gasteiger partial charge in [-0.2, -0.15) is 5.10 Å². The van der Waals surface area contributed by atoms with E-state index in [0.717, 1.165) is 29.1 Å². The number of hydrogen-bond donors (Lipinski definition) is 1. The zero-order valence-corrected chi connectivity index (χ0v) is 19.0. The lowest BCUT2D eigenvalue weighted by Crippen LogP contribution is -2.26. The van der Waals surface area contributed by atoms with Crippen molar-refractivity contribution in [2.75, 3.05) is 6.54 Å². The average Bonchev–Trinajstić information content (AvgIpc) is 3.41. The third-order valence-corrected chi connectivity index (χ3v) is 6.18. The van der Waals surface area contributed by atoms with Gasteiger partial charge in [0.15, 0.2) is 0 Å². The fourth-order valence-corrected chi connectivity index (χ4v) is 4.08. The molecule has 0 unspecified atom stereocenters.